The molecule has 0 atom stereocenters. The van der Waals surface area contributed by atoms with E-state index in [1.165, 1.54) is 0 Å². The molecule has 0 aliphatic rings. The van der Waals surface area contributed by atoms with E-state index in [2.05, 4.69) is 5.32 Å². The van der Waals surface area contributed by atoms with Crippen molar-refractivity contribution in [1.29, 1.82) is 0 Å². The average Bonchev–Trinajstić information content (AvgIpc) is 2.64. The lowest BCUT2D eigenvalue weighted by Gasteiger charge is -2.13. The monoisotopic (exact) mass is 388 g/mol. The van der Waals surface area contributed by atoms with Gasteiger partial charge in [-0.05, 0) is 57.9 Å². The number of carbonyl (C=O) groups excluding carboxylic acids is 1. The lowest BCUT2D eigenvalue weighted by atomic mass is 10.0. The number of hydrogen-bond donors (Lipinski definition) is 2. The number of fused-ring (bicyclic) bond motifs is 1. The Bertz CT molecular complexity index is 902. The van der Waals surface area contributed by atoms with Gasteiger partial charge < -0.3 is 19.7 Å². The fraction of sp³-hybridized carbons (Fsp3) is 0.476. The first kappa shape index (κ1) is 21.6. The number of pyridine rings is 1. The summed E-state index contributed by atoms with van der Waals surface area (Å²) in [5.74, 6) is -1.42. The minimum absolute atomic E-state index is 0.0514. The van der Waals surface area contributed by atoms with Crippen LogP contribution in [0.4, 0.5) is 0 Å². The first-order chi connectivity index (χ1) is 13.3. The van der Waals surface area contributed by atoms with Crippen molar-refractivity contribution in [2.24, 2.45) is 0 Å². The first-order valence-electron chi connectivity index (χ1n) is 9.63. The third-order valence-corrected chi connectivity index (χ3v) is 4.38. The average molecular weight is 388 g/mol. The second-order valence-electron chi connectivity index (χ2n) is 6.96. The summed E-state index contributed by atoms with van der Waals surface area (Å²) in [4.78, 5) is 35.7. The van der Waals surface area contributed by atoms with Crippen LogP contribution in [0.15, 0.2) is 29.2 Å². The molecular formula is C21H28N2O5. The number of aliphatic carboxylic acids is 1. The van der Waals surface area contributed by atoms with E-state index in [9.17, 15) is 14.4 Å². The van der Waals surface area contributed by atoms with Gasteiger partial charge in [0.25, 0.3) is 0 Å². The van der Waals surface area contributed by atoms with Crippen LogP contribution in [0.5, 0.6) is 0 Å². The molecule has 0 radical (unpaired) electrons. The maximum atomic E-state index is 12.9. The van der Waals surface area contributed by atoms with Gasteiger partial charge in [0.1, 0.15) is 5.56 Å². The molecule has 0 fully saturated rings. The van der Waals surface area contributed by atoms with Gasteiger partial charge in [-0.15, -0.1) is 0 Å². The highest BCUT2D eigenvalue weighted by molar-refractivity contribution is 5.94. The second kappa shape index (κ2) is 10.0. The van der Waals surface area contributed by atoms with Crippen molar-refractivity contribution in [3.05, 3.63) is 45.7 Å². The molecule has 0 aliphatic carbocycles. The van der Waals surface area contributed by atoms with Crippen molar-refractivity contribution < 1.29 is 19.4 Å². The lowest BCUT2D eigenvalue weighted by Crippen LogP contribution is -2.23. The fourth-order valence-corrected chi connectivity index (χ4v) is 3.02. The van der Waals surface area contributed by atoms with Crippen molar-refractivity contribution in [1.82, 2.24) is 9.88 Å². The number of rotatable bonds is 10. The van der Waals surface area contributed by atoms with E-state index in [-0.39, 0.29) is 23.5 Å². The summed E-state index contributed by atoms with van der Waals surface area (Å²) in [5, 5.41) is 12.2. The molecule has 0 bridgehead atoms. The number of carboxylic acid groups (broad SMARTS) is 1. The highest BCUT2D eigenvalue weighted by atomic mass is 16.5. The number of aryl methyl sites for hydroxylation is 2. The van der Waals surface area contributed by atoms with Gasteiger partial charge in [0.05, 0.1) is 18.0 Å². The van der Waals surface area contributed by atoms with Crippen LogP contribution in [0.25, 0.3) is 10.9 Å². The molecule has 28 heavy (non-hydrogen) atoms. The summed E-state index contributed by atoms with van der Waals surface area (Å²) in [7, 11) is 0. The molecule has 152 valence electrons. The summed E-state index contributed by atoms with van der Waals surface area (Å²) in [6, 6.07) is 5.73. The molecule has 7 nitrogen and oxygen atoms in total. The van der Waals surface area contributed by atoms with Gasteiger partial charge in [-0.2, -0.15) is 0 Å². The Labute approximate surface area is 164 Å². The first-order valence-corrected chi connectivity index (χ1v) is 9.63. The number of nitrogens with one attached hydrogen (secondary N) is 1. The number of ether oxygens (including phenoxy) is 1. The molecule has 0 amide bonds. The fourth-order valence-electron chi connectivity index (χ4n) is 3.02. The maximum absolute atomic E-state index is 12.9. The van der Waals surface area contributed by atoms with Gasteiger partial charge in [0.2, 0.25) is 5.43 Å². The third kappa shape index (κ3) is 5.66. The summed E-state index contributed by atoms with van der Waals surface area (Å²) in [5.41, 5.74) is 1.53. The van der Waals surface area contributed by atoms with Crippen LogP contribution in [-0.2, 0) is 22.5 Å². The van der Waals surface area contributed by atoms with Crippen LogP contribution in [0.1, 0.15) is 49.5 Å². The van der Waals surface area contributed by atoms with Gasteiger partial charge in [0, 0.05) is 24.7 Å². The summed E-state index contributed by atoms with van der Waals surface area (Å²) >= 11 is 0. The number of hydrogen-bond acceptors (Lipinski definition) is 5. The standard InChI is InChI=1S/C21H28N2O5/c1-4-23-13-17(21(27)28-14(2)3)20(26)16-12-15(7-8-18(16)23)6-5-10-22-11-9-19(24)25/h7-8,12-14,22H,4-6,9-11H2,1-3H3,(H,24,25). The zero-order valence-corrected chi connectivity index (χ0v) is 16.7. The Morgan fingerprint density at radius 3 is 2.64 bits per heavy atom. The number of aromatic nitrogens is 1. The minimum Gasteiger partial charge on any atom is -0.481 e. The van der Waals surface area contributed by atoms with E-state index < -0.39 is 11.9 Å². The normalized spacial score (nSPS) is 11.1. The molecule has 1 heterocycles. The van der Waals surface area contributed by atoms with Crippen molar-refractivity contribution in [3.63, 3.8) is 0 Å². The molecule has 1 aromatic heterocycles. The number of carboxylic acids is 1. The molecule has 0 saturated carbocycles. The Morgan fingerprint density at radius 2 is 2.00 bits per heavy atom. The number of carbonyl (C=O) groups is 2. The molecular weight excluding hydrogens is 360 g/mol. The number of esters is 1. The minimum atomic E-state index is -0.818. The summed E-state index contributed by atoms with van der Waals surface area (Å²) in [6.07, 6.45) is 2.95. The molecule has 1 aromatic carbocycles. The van der Waals surface area contributed by atoms with Gasteiger partial charge in [-0.25, -0.2) is 4.79 Å². The topological polar surface area (TPSA) is 97.6 Å². The van der Waals surface area contributed by atoms with E-state index in [1.807, 2.05) is 29.7 Å². The number of benzene rings is 1. The molecule has 2 N–H and O–H groups in total. The second-order valence-corrected chi connectivity index (χ2v) is 6.96. The molecule has 0 saturated heterocycles. The van der Waals surface area contributed by atoms with Crippen LogP contribution in [0, 0.1) is 0 Å². The SMILES string of the molecule is CCn1cc(C(=O)OC(C)C)c(=O)c2cc(CCCNCCC(=O)O)ccc21. The summed E-state index contributed by atoms with van der Waals surface area (Å²) < 4.78 is 7.09. The van der Waals surface area contributed by atoms with Crippen LogP contribution in [0.2, 0.25) is 0 Å². The van der Waals surface area contributed by atoms with Crippen molar-refractivity contribution in [2.45, 2.75) is 52.7 Å². The van der Waals surface area contributed by atoms with E-state index in [0.29, 0.717) is 25.0 Å². The maximum Gasteiger partial charge on any atom is 0.343 e. The Balaban J connectivity index is 2.20. The van der Waals surface area contributed by atoms with Crippen molar-refractivity contribution >= 4 is 22.8 Å². The van der Waals surface area contributed by atoms with E-state index in [1.54, 1.807) is 20.0 Å². The van der Waals surface area contributed by atoms with Crippen molar-refractivity contribution in [3.8, 4) is 0 Å². The highest BCUT2D eigenvalue weighted by Crippen LogP contribution is 2.16. The Morgan fingerprint density at radius 1 is 1.25 bits per heavy atom. The zero-order chi connectivity index (χ0) is 20.7. The molecule has 0 unspecified atom stereocenters. The van der Waals surface area contributed by atoms with Gasteiger partial charge in [-0.3, -0.25) is 9.59 Å². The van der Waals surface area contributed by atoms with Crippen LogP contribution < -0.4 is 10.7 Å². The van der Waals surface area contributed by atoms with Crippen LogP contribution in [0.3, 0.4) is 0 Å². The molecule has 2 aromatic rings. The Kier molecular flexibility index (Phi) is 7.75. The molecule has 7 heteroatoms. The van der Waals surface area contributed by atoms with Gasteiger partial charge >= 0.3 is 11.9 Å². The Hall–Kier alpha value is -2.67. The van der Waals surface area contributed by atoms with Gasteiger partial charge in [0.15, 0.2) is 0 Å². The predicted octanol–water partition coefficient (Wildman–Crippen LogP) is 2.58. The molecule has 2 rings (SSSR count). The molecule has 0 aliphatic heterocycles. The predicted molar refractivity (Wildman–Crippen MR) is 108 cm³/mol. The van der Waals surface area contributed by atoms with E-state index >= 15 is 0 Å². The largest absolute Gasteiger partial charge is 0.481 e. The zero-order valence-electron chi connectivity index (χ0n) is 16.7. The number of nitrogens with zero attached hydrogens (tertiary/aromatic N) is 1. The van der Waals surface area contributed by atoms with Crippen LogP contribution >= 0.6 is 0 Å². The smallest absolute Gasteiger partial charge is 0.343 e. The van der Waals surface area contributed by atoms with Crippen LogP contribution in [-0.4, -0.2) is 40.8 Å². The van der Waals surface area contributed by atoms with E-state index in [4.69, 9.17) is 9.84 Å². The summed E-state index contributed by atoms with van der Waals surface area (Å²) in [6.45, 7) is 7.23. The van der Waals surface area contributed by atoms with E-state index in [0.717, 1.165) is 23.9 Å². The molecule has 0 spiro atoms. The van der Waals surface area contributed by atoms with Crippen molar-refractivity contribution in [2.75, 3.05) is 13.1 Å². The third-order valence-electron chi connectivity index (χ3n) is 4.38. The highest BCUT2D eigenvalue weighted by Gasteiger charge is 2.17. The quantitative estimate of drug-likeness (QED) is 0.480. The van der Waals surface area contributed by atoms with Gasteiger partial charge in [-0.1, -0.05) is 6.07 Å². The lowest BCUT2D eigenvalue weighted by molar-refractivity contribution is -0.136.